The van der Waals surface area contributed by atoms with Gasteiger partial charge in [-0.2, -0.15) is 17.0 Å². The Morgan fingerprint density at radius 3 is 2.57 bits per heavy atom. The summed E-state index contributed by atoms with van der Waals surface area (Å²) in [6.45, 7) is 1.86. The molecule has 1 amide bonds. The van der Waals surface area contributed by atoms with E-state index >= 15 is 0 Å². The average molecular weight is 212 g/mol. The lowest BCUT2D eigenvalue weighted by molar-refractivity contribution is -0.121. The van der Waals surface area contributed by atoms with Crippen molar-refractivity contribution < 1.29 is 4.79 Å². The van der Waals surface area contributed by atoms with Crippen LogP contribution < -0.4 is 5.32 Å². The predicted molar refractivity (Wildman–Crippen MR) is 57.9 cm³/mol. The third kappa shape index (κ3) is 2.42. The van der Waals surface area contributed by atoms with Gasteiger partial charge in [0.2, 0.25) is 5.91 Å². The molecule has 0 bridgehead atoms. The summed E-state index contributed by atoms with van der Waals surface area (Å²) < 4.78 is 0. The van der Waals surface area contributed by atoms with E-state index in [-0.39, 0.29) is 11.2 Å². The van der Waals surface area contributed by atoms with Crippen LogP contribution in [0, 0.1) is 11.3 Å². The molecule has 0 radical (unpaired) electrons. The van der Waals surface area contributed by atoms with Crippen LogP contribution in [0.25, 0.3) is 0 Å². The second-order valence-electron chi connectivity index (χ2n) is 3.77. The highest BCUT2D eigenvalue weighted by molar-refractivity contribution is 7.99. The van der Waals surface area contributed by atoms with Crippen molar-refractivity contribution in [3.8, 4) is 6.07 Å². The van der Waals surface area contributed by atoms with E-state index in [1.54, 1.807) is 0 Å². The van der Waals surface area contributed by atoms with Crippen LogP contribution in [-0.4, -0.2) is 23.0 Å². The summed E-state index contributed by atoms with van der Waals surface area (Å²) in [5.41, 5.74) is -0.568. The van der Waals surface area contributed by atoms with Gasteiger partial charge in [0.15, 0.2) is 0 Å². The maximum atomic E-state index is 11.6. The van der Waals surface area contributed by atoms with Crippen LogP contribution in [0.3, 0.4) is 0 Å². The van der Waals surface area contributed by atoms with E-state index in [1.807, 2.05) is 13.2 Å². The number of rotatable bonds is 3. The van der Waals surface area contributed by atoms with Gasteiger partial charge in [0.25, 0.3) is 0 Å². The minimum atomic E-state index is -0.568. The molecule has 1 N–H and O–H groups in total. The summed E-state index contributed by atoms with van der Waals surface area (Å²) in [4.78, 5) is 11.6. The van der Waals surface area contributed by atoms with Crippen molar-refractivity contribution in [2.45, 2.75) is 43.4 Å². The van der Waals surface area contributed by atoms with Crippen molar-refractivity contribution in [3.05, 3.63) is 0 Å². The third-order valence-electron chi connectivity index (χ3n) is 2.76. The predicted octanol–water partition coefficient (Wildman–Crippen LogP) is 1.69. The molecule has 0 aromatic rings. The molecule has 1 rings (SSSR count). The summed E-state index contributed by atoms with van der Waals surface area (Å²) in [7, 11) is 0. The van der Waals surface area contributed by atoms with Gasteiger partial charge in [-0.05, 0) is 38.9 Å². The number of nitrogens with zero attached hydrogens (tertiary/aromatic N) is 1. The first-order valence-corrected chi connectivity index (χ1v) is 6.18. The Balaban J connectivity index is 2.57. The highest BCUT2D eigenvalue weighted by Crippen LogP contribution is 2.29. The normalized spacial score (nSPS) is 21.2. The Kier molecular flexibility index (Phi) is 3.82. The molecule has 0 aromatic carbocycles. The molecule has 0 spiro atoms. The number of nitriles is 1. The molecule has 1 unspecified atom stereocenters. The number of carbonyl (C=O) groups excluding carboxylic acids is 1. The molecule has 1 fully saturated rings. The van der Waals surface area contributed by atoms with E-state index in [0.717, 1.165) is 25.7 Å². The number of amides is 1. The number of hydrogen-bond acceptors (Lipinski definition) is 3. The van der Waals surface area contributed by atoms with E-state index in [4.69, 9.17) is 5.26 Å². The molecular formula is C10H16N2OS. The Morgan fingerprint density at radius 1 is 1.57 bits per heavy atom. The fourth-order valence-corrected chi connectivity index (χ4v) is 1.96. The second kappa shape index (κ2) is 4.70. The molecule has 1 saturated carbocycles. The standard InChI is InChI=1S/C10H16N2OS/c1-8(14-2)9(13)12-10(7-11)5-3-4-6-10/h8H,3-6H2,1-2H3,(H,12,13). The molecule has 3 nitrogen and oxygen atoms in total. The van der Waals surface area contributed by atoms with Crippen LogP contribution >= 0.6 is 11.8 Å². The van der Waals surface area contributed by atoms with Gasteiger partial charge in [-0.25, -0.2) is 0 Å². The fourth-order valence-electron chi connectivity index (χ4n) is 1.69. The van der Waals surface area contributed by atoms with Gasteiger partial charge in [-0.3, -0.25) is 4.79 Å². The van der Waals surface area contributed by atoms with Gasteiger partial charge in [-0.1, -0.05) is 0 Å². The zero-order valence-corrected chi connectivity index (χ0v) is 9.49. The summed E-state index contributed by atoms with van der Waals surface area (Å²) in [6.07, 6.45) is 5.59. The van der Waals surface area contributed by atoms with Crippen molar-refractivity contribution in [3.63, 3.8) is 0 Å². The van der Waals surface area contributed by atoms with Crippen LogP contribution in [0.2, 0.25) is 0 Å². The second-order valence-corrected chi connectivity index (χ2v) is 4.95. The lowest BCUT2D eigenvalue weighted by Gasteiger charge is -2.23. The Labute approximate surface area is 89.2 Å². The SMILES string of the molecule is CSC(C)C(=O)NC1(C#N)CCCC1. The quantitative estimate of drug-likeness (QED) is 0.774. The van der Waals surface area contributed by atoms with Crippen LogP contribution in [0.5, 0.6) is 0 Å². The number of nitrogens with one attached hydrogen (secondary N) is 1. The van der Waals surface area contributed by atoms with Crippen molar-refractivity contribution in [1.29, 1.82) is 5.26 Å². The Bertz CT molecular complexity index is 253. The summed E-state index contributed by atoms with van der Waals surface area (Å²) >= 11 is 1.50. The Hall–Kier alpha value is -0.690. The van der Waals surface area contributed by atoms with E-state index in [0.29, 0.717) is 0 Å². The molecule has 1 atom stereocenters. The first-order valence-electron chi connectivity index (χ1n) is 4.89. The van der Waals surface area contributed by atoms with Crippen LogP contribution in [0.15, 0.2) is 0 Å². The van der Waals surface area contributed by atoms with Gasteiger partial charge < -0.3 is 5.32 Å². The van der Waals surface area contributed by atoms with Crippen molar-refractivity contribution in [2.24, 2.45) is 0 Å². The summed E-state index contributed by atoms with van der Waals surface area (Å²) in [5.74, 6) is -0.0130. The minimum absolute atomic E-state index is 0.0130. The smallest absolute Gasteiger partial charge is 0.234 e. The molecule has 14 heavy (non-hydrogen) atoms. The fraction of sp³-hybridized carbons (Fsp3) is 0.800. The van der Waals surface area contributed by atoms with Gasteiger partial charge in [0.1, 0.15) is 5.54 Å². The van der Waals surface area contributed by atoms with Gasteiger partial charge in [-0.15, -0.1) is 0 Å². The van der Waals surface area contributed by atoms with Gasteiger partial charge in [0.05, 0.1) is 11.3 Å². The average Bonchev–Trinajstić information content (AvgIpc) is 2.65. The highest BCUT2D eigenvalue weighted by atomic mass is 32.2. The van der Waals surface area contributed by atoms with Gasteiger partial charge >= 0.3 is 0 Å². The number of thioether (sulfide) groups is 1. The molecule has 0 heterocycles. The molecule has 0 aliphatic heterocycles. The largest absolute Gasteiger partial charge is 0.337 e. The molecule has 4 heteroatoms. The van der Waals surface area contributed by atoms with E-state index in [2.05, 4.69) is 11.4 Å². The first kappa shape index (κ1) is 11.4. The third-order valence-corrected chi connectivity index (χ3v) is 3.68. The zero-order valence-electron chi connectivity index (χ0n) is 8.67. The van der Waals surface area contributed by atoms with Crippen LogP contribution in [0.4, 0.5) is 0 Å². The monoisotopic (exact) mass is 212 g/mol. The number of hydrogen-bond donors (Lipinski definition) is 1. The molecular weight excluding hydrogens is 196 g/mol. The topological polar surface area (TPSA) is 52.9 Å². The molecule has 78 valence electrons. The summed E-state index contributed by atoms with van der Waals surface area (Å²) in [5, 5.41) is 11.9. The molecule has 0 saturated heterocycles. The van der Waals surface area contributed by atoms with Gasteiger partial charge in [0, 0.05) is 0 Å². The summed E-state index contributed by atoms with van der Waals surface area (Å²) in [6, 6.07) is 2.25. The maximum Gasteiger partial charge on any atom is 0.234 e. The molecule has 1 aliphatic rings. The van der Waals surface area contributed by atoms with Crippen molar-refractivity contribution in [2.75, 3.05) is 6.26 Å². The van der Waals surface area contributed by atoms with E-state index in [9.17, 15) is 4.79 Å². The Morgan fingerprint density at radius 2 is 2.14 bits per heavy atom. The lowest BCUT2D eigenvalue weighted by atomic mass is 10.00. The number of carbonyl (C=O) groups is 1. The zero-order chi connectivity index (χ0) is 10.6. The van der Waals surface area contributed by atoms with E-state index < -0.39 is 5.54 Å². The molecule has 1 aliphatic carbocycles. The minimum Gasteiger partial charge on any atom is -0.337 e. The lowest BCUT2D eigenvalue weighted by Crippen LogP contribution is -2.47. The first-order chi connectivity index (χ1) is 6.63. The van der Waals surface area contributed by atoms with E-state index in [1.165, 1.54) is 11.8 Å². The highest BCUT2D eigenvalue weighted by Gasteiger charge is 2.36. The van der Waals surface area contributed by atoms with Crippen LogP contribution in [-0.2, 0) is 4.79 Å². The maximum absolute atomic E-state index is 11.6. The van der Waals surface area contributed by atoms with Crippen molar-refractivity contribution in [1.82, 2.24) is 5.32 Å². The molecule has 0 aromatic heterocycles. The van der Waals surface area contributed by atoms with Crippen molar-refractivity contribution >= 4 is 17.7 Å². The van der Waals surface area contributed by atoms with Crippen LogP contribution in [0.1, 0.15) is 32.6 Å².